The molecule has 0 fully saturated rings. The molecule has 0 spiro atoms. The number of hydrogen-bond donors (Lipinski definition) is 1. The lowest BCUT2D eigenvalue weighted by Crippen LogP contribution is -2.50. The Labute approximate surface area is 194 Å². The van der Waals surface area contributed by atoms with Gasteiger partial charge in [-0.15, -0.1) is 0 Å². The van der Waals surface area contributed by atoms with E-state index >= 15 is 0 Å². The van der Waals surface area contributed by atoms with E-state index in [1.807, 2.05) is 26.0 Å². The minimum absolute atomic E-state index is 0.0351. The minimum Gasteiger partial charge on any atom is -0.472 e. The number of amides is 1. The number of hydrogen-bond acceptors (Lipinski definition) is 7. The molecule has 0 saturated heterocycles. The molecule has 2 aromatic heterocycles. The number of imidazole rings is 1. The van der Waals surface area contributed by atoms with Crippen LogP contribution < -0.4 is 4.74 Å². The molecule has 0 aromatic carbocycles. The number of allylic oxidation sites excluding steroid dienone is 1. The van der Waals surface area contributed by atoms with E-state index in [2.05, 4.69) is 9.97 Å². The summed E-state index contributed by atoms with van der Waals surface area (Å²) in [6.45, 7) is 5.64. The lowest BCUT2D eigenvalue weighted by molar-refractivity contribution is 0.0373. The molecule has 0 aliphatic carbocycles. The molecule has 0 bridgehead atoms. The Morgan fingerprint density at radius 3 is 2.73 bits per heavy atom. The van der Waals surface area contributed by atoms with Crippen LogP contribution in [-0.2, 0) is 17.1 Å². The molecule has 1 amide bonds. The Kier molecular flexibility index (Phi) is 7.55. The van der Waals surface area contributed by atoms with Crippen LogP contribution in [0.2, 0.25) is 0 Å². The number of sulfonamides is 1. The number of aliphatic hydroxyl groups excluding tert-OH is 1. The van der Waals surface area contributed by atoms with Crippen LogP contribution in [0.5, 0.6) is 5.88 Å². The molecule has 3 heterocycles. The summed E-state index contributed by atoms with van der Waals surface area (Å²) in [4.78, 5) is 23.2. The quantitative estimate of drug-likeness (QED) is 0.640. The second-order valence-corrected chi connectivity index (χ2v) is 10.4. The van der Waals surface area contributed by atoms with Gasteiger partial charge in [0, 0.05) is 39.0 Å². The lowest BCUT2D eigenvalue weighted by atomic mass is 10.00. The van der Waals surface area contributed by atoms with Crippen LogP contribution in [0.3, 0.4) is 0 Å². The average Bonchev–Trinajstić information content (AvgIpc) is 3.23. The Hall–Kier alpha value is -2.76. The first-order valence-electron chi connectivity index (χ1n) is 10.7. The van der Waals surface area contributed by atoms with Crippen molar-refractivity contribution in [3.63, 3.8) is 0 Å². The topological polar surface area (TPSA) is 118 Å². The fourth-order valence-electron chi connectivity index (χ4n) is 3.65. The van der Waals surface area contributed by atoms with Gasteiger partial charge in [0.2, 0.25) is 5.88 Å². The van der Waals surface area contributed by atoms with Gasteiger partial charge in [0.1, 0.15) is 11.7 Å². The van der Waals surface area contributed by atoms with Gasteiger partial charge >= 0.3 is 0 Å². The van der Waals surface area contributed by atoms with Crippen molar-refractivity contribution in [2.45, 2.75) is 37.9 Å². The van der Waals surface area contributed by atoms with Crippen LogP contribution in [-0.4, -0.2) is 82.1 Å². The zero-order valence-corrected chi connectivity index (χ0v) is 20.4. The summed E-state index contributed by atoms with van der Waals surface area (Å²) < 4.78 is 34.9. The number of likely N-dealkylation sites (N-methyl/N-ethyl adjacent to an activating group) is 1. The third-order valence-electron chi connectivity index (χ3n) is 5.69. The van der Waals surface area contributed by atoms with E-state index in [-0.39, 0.29) is 48.0 Å². The second kappa shape index (κ2) is 10.0. The number of carbonyl (C=O) groups is 1. The van der Waals surface area contributed by atoms with Crippen LogP contribution in [0.4, 0.5) is 0 Å². The van der Waals surface area contributed by atoms with Crippen molar-refractivity contribution in [3.8, 4) is 5.88 Å². The van der Waals surface area contributed by atoms with E-state index in [0.717, 1.165) is 5.56 Å². The summed E-state index contributed by atoms with van der Waals surface area (Å²) in [6, 6.07) is 1.27. The Balaban J connectivity index is 1.97. The van der Waals surface area contributed by atoms with E-state index in [9.17, 15) is 18.3 Å². The lowest BCUT2D eigenvalue weighted by Gasteiger charge is -2.37. The van der Waals surface area contributed by atoms with E-state index in [1.165, 1.54) is 23.9 Å². The first-order chi connectivity index (χ1) is 15.6. The highest BCUT2D eigenvalue weighted by Gasteiger charge is 2.36. The van der Waals surface area contributed by atoms with Gasteiger partial charge in [-0.05, 0) is 25.5 Å². The minimum atomic E-state index is -3.83. The molecule has 0 radical (unpaired) electrons. The molecule has 1 N–H and O–H groups in total. The Morgan fingerprint density at radius 2 is 2.12 bits per heavy atom. The zero-order chi connectivity index (χ0) is 24.3. The normalized spacial score (nSPS) is 20.5. The van der Waals surface area contributed by atoms with Gasteiger partial charge in [-0.25, -0.2) is 18.4 Å². The summed E-state index contributed by atoms with van der Waals surface area (Å²) in [5.41, 5.74) is 1.02. The largest absolute Gasteiger partial charge is 0.472 e. The van der Waals surface area contributed by atoms with E-state index < -0.39 is 22.2 Å². The zero-order valence-electron chi connectivity index (χ0n) is 19.5. The predicted molar refractivity (Wildman–Crippen MR) is 123 cm³/mol. The maximum Gasteiger partial charge on any atom is 0.261 e. The highest BCUT2D eigenvalue weighted by Crippen LogP contribution is 2.28. The molecule has 0 saturated carbocycles. The molecule has 180 valence electrons. The molecular formula is C22H31N5O5S. The van der Waals surface area contributed by atoms with E-state index in [0.29, 0.717) is 0 Å². The van der Waals surface area contributed by atoms with Crippen molar-refractivity contribution in [1.29, 1.82) is 0 Å². The van der Waals surface area contributed by atoms with Gasteiger partial charge < -0.3 is 19.3 Å². The summed E-state index contributed by atoms with van der Waals surface area (Å²) >= 11 is 0. The fraction of sp³-hybridized carbons (Fsp3) is 0.500. The molecule has 2 aromatic rings. The molecular weight excluding hydrogens is 446 g/mol. The van der Waals surface area contributed by atoms with Crippen molar-refractivity contribution in [2.75, 3.05) is 26.7 Å². The third-order valence-corrected chi connectivity index (χ3v) is 7.40. The summed E-state index contributed by atoms with van der Waals surface area (Å²) in [6.07, 6.45) is 7.55. The second-order valence-electron chi connectivity index (χ2n) is 8.41. The average molecular weight is 478 g/mol. The number of nitrogens with zero attached hydrogens (tertiary/aromatic N) is 5. The third kappa shape index (κ3) is 5.26. The molecule has 3 rings (SSSR count). The highest BCUT2D eigenvalue weighted by atomic mass is 32.2. The van der Waals surface area contributed by atoms with Gasteiger partial charge in [-0.2, -0.15) is 4.31 Å². The summed E-state index contributed by atoms with van der Waals surface area (Å²) in [5.74, 6) is -0.386. The number of aryl methyl sites for hydroxylation is 1. The highest BCUT2D eigenvalue weighted by molar-refractivity contribution is 7.89. The standard InChI is InChI=1S/C22H31N5O5S/c1-6-7-17-8-18-21(23-9-17)32-19(15(2)10-27(22(18)29)16(3)13-28)11-26(5)33(30,31)20-12-25(4)14-24-20/h6-9,12,14-16,19,28H,10-11,13H2,1-5H3/b7-6+/t15-,16-,19-/m0/s1. The number of ether oxygens (including phenoxy) is 1. The van der Waals surface area contributed by atoms with E-state index in [4.69, 9.17) is 4.74 Å². The van der Waals surface area contributed by atoms with Crippen LogP contribution in [0, 0.1) is 5.92 Å². The van der Waals surface area contributed by atoms with Gasteiger partial charge in [0.05, 0.1) is 25.5 Å². The molecule has 33 heavy (non-hydrogen) atoms. The van der Waals surface area contributed by atoms with Crippen LogP contribution in [0.25, 0.3) is 6.08 Å². The Bertz CT molecular complexity index is 1130. The van der Waals surface area contributed by atoms with Crippen molar-refractivity contribution in [1.82, 2.24) is 23.7 Å². The van der Waals surface area contributed by atoms with Gasteiger partial charge in [-0.3, -0.25) is 4.79 Å². The van der Waals surface area contributed by atoms with Crippen molar-refractivity contribution in [3.05, 3.63) is 42.0 Å². The molecule has 11 heteroatoms. The van der Waals surface area contributed by atoms with Crippen LogP contribution in [0.1, 0.15) is 36.7 Å². The predicted octanol–water partition coefficient (Wildman–Crippen LogP) is 1.39. The number of fused-ring (bicyclic) bond motifs is 1. The summed E-state index contributed by atoms with van der Waals surface area (Å²) in [7, 11) is -0.655. The SMILES string of the molecule is C/C=C/c1cnc2c(c1)C(=O)N([C@@H](C)CO)C[C@H](C)[C@H](CN(C)S(=O)(=O)c1cn(C)cn1)O2. The molecule has 3 atom stereocenters. The Morgan fingerprint density at radius 1 is 1.39 bits per heavy atom. The number of aromatic nitrogens is 3. The van der Waals surface area contributed by atoms with Gasteiger partial charge in [-0.1, -0.05) is 19.1 Å². The molecule has 0 unspecified atom stereocenters. The maximum atomic E-state index is 13.3. The monoisotopic (exact) mass is 477 g/mol. The maximum absolute atomic E-state index is 13.3. The number of aliphatic hydroxyl groups is 1. The van der Waals surface area contributed by atoms with Gasteiger partial charge in [0.25, 0.3) is 15.9 Å². The molecule has 1 aliphatic heterocycles. The van der Waals surface area contributed by atoms with E-state index in [1.54, 1.807) is 35.7 Å². The number of carbonyl (C=O) groups excluding carboxylic acids is 1. The number of rotatable bonds is 7. The van der Waals surface area contributed by atoms with Crippen LogP contribution in [0.15, 0.2) is 35.9 Å². The van der Waals surface area contributed by atoms with Crippen molar-refractivity contribution in [2.24, 2.45) is 13.0 Å². The number of pyridine rings is 1. The first kappa shape index (κ1) is 24.9. The van der Waals surface area contributed by atoms with Crippen molar-refractivity contribution < 1.29 is 23.1 Å². The molecule has 1 aliphatic rings. The van der Waals surface area contributed by atoms with Crippen molar-refractivity contribution >= 4 is 22.0 Å². The summed E-state index contributed by atoms with van der Waals surface area (Å²) in [5, 5.41) is 9.69. The fourth-order valence-corrected chi connectivity index (χ4v) is 4.80. The molecule has 10 nitrogen and oxygen atoms in total. The van der Waals surface area contributed by atoms with Crippen LogP contribution >= 0.6 is 0 Å². The smallest absolute Gasteiger partial charge is 0.261 e. The first-order valence-corrected chi connectivity index (χ1v) is 12.2. The van der Waals surface area contributed by atoms with Gasteiger partial charge in [0.15, 0.2) is 5.03 Å².